The molecule has 2 aromatic rings. The summed E-state index contributed by atoms with van der Waals surface area (Å²) in [4.78, 5) is 0. The Hall–Kier alpha value is -1.04. The Labute approximate surface area is 108 Å². The van der Waals surface area contributed by atoms with E-state index in [1.54, 1.807) is 7.11 Å². The van der Waals surface area contributed by atoms with Gasteiger partial charge in [0.2, 0.25) is 0 Å². The summed E-state index contributed by atoms with van der Waals surface area (Å²) in [5.41, 5.74) is 4.30. The van der Waals surface area contributed by atoms with Crippen LogP contribution < -0.4 is 4.74 Å². The summed E-state index contributed by atoms with van der Waals surface area (Å²) in [5, 5.41) is 7.21. The number of rotatable bonds is 2. The van der Waals surface area contributed by atoms with Crippen LogP contribution in [0.1, 0.15) is 11.4 Å². The summed E-state index contributed by atoms with van der Waals surface area (Å²) in [6.07, 6.45) is 0. The van der Waals surface area contributed by atoms with Crippen LogP contribution in [0.3, 0.4) is 0 Å². The van der Waals surface area contributed by atoms with Gasteiger partial charge in [0.1, 0.15) is 5.75 Å². The first kappa shape index (κ1) is 11.4. The summed E-state index contributed by atoms with van der Waals surface area (Å²) < 4.78 is 6.58. The summed E-state index contributed by atoms with van der Waals surface area (Å²) in [6, 6.07) is 6.14. The van der Waals surface area contributed by atoms with Crippen LogP contribution in [0.25, 0.3) is 11.1 Å². The predicted octanol–water partition coefficient (Wildman–Crippen LogP) is 3.31. The van der Waals surface area contributed by atoms with Crippen molar-refractivity contribution in [1.82, 2.24) is 10.2 Å². The molecule has 0 saturated heterocycles. The minimum absolute atomic E-state index is 0.882. The molecule has 4 heteroatoms. The molecule has 1 N–H and O–H groups in total. The van der Waals surface area contributed by atoms with Crippen molar-refractivity contribution in [3.8, 4) is 16.9 Å². The van der Waals surface area contributed by atoms with Gasteiger partial charge in [-0.1, -0.05) is 0 Å². The topological polar surface area (TPSA) is 37.9 Å². The molecule has 84 valence electrons. The number of nitrogens with zero attached hydrogens (tertiary/aromatic N) is 1. The summed E-state index contributed by atoms with van der Waals surface area (Å²) in [6.45, 7) is 4.02. The van der Waals surface area contributed by atoms with Crippen LogP contribution >= 0.6 is 22.6 Å². The van der Waals surface area contributed by atoms with E-state index in [9.17, 15) is 0 Å². The minimum atomic E-state index is 0.882. The van der Waals surface area contributed by atoms with E-state index in [0.29, 0.717) is 0 Å². The second-order valence-electron chi connectivity index (χ2n) is 3.65. The van der Waals surface area contributed by atoms with Crippen LogP contribution in [-0.4, -0.2) is 17.3 Å². The number of benzene rings is 1. The standard InChI is InChI=1S/C12H13IN2O/c1-7-12(8(2)15-14-7)10-6-9(13)4-5-11(10)16-3/h4-6H,1-3H3,(H,14,15). The molecule has 0 fully saturated rings. The number of halogens is 1. The van der Waals surface area contributed by atoms with Gasteiger partial charge in [0, 0.05) is 20.4 Å². The molecule has 0 saturated carbocycles. The van der Waals surface area contributed by atoms with Gasteiger partial charge in [-0.3, -0.25) is 5.10 Å². The number of aryl methyl sites for hydroxylation is 2. The Morgan fingerprint density at radius 3 is 2.62 bits per heavy atom. The number of aromatic nitrogens is 2. The number of aromatic amines is 1. The van der Waals surface area contributed by atoms with E-state index in [1.165, 1.54) is 3.57 Å². The van der Waals surface area contributed by atoms with Crippen molar-refractivity contribution in [2.24, 2.45) is 0 Å². The number of methoxy groups -OCH3 is 1. The number of nitrogens with one attached hydrogen (secondary N) is 1. The molecular weight excluding hydrogens is 315 g/mol. The Morgan fingerprint density at radius 2 is 2.06 bits per heavy atom. The first-order chi connectivity index (χ1) is 7.63. The number of hydrogen-bond acceptors (Lipinski definition) is 2. The lowest BCUT2D eigenvalue weighted by molar-refractivity contribution is 0.416. The Balaban J connectivity index is 2.67. The third-order valence-electron chi connectivity index (χ3n) is 2.56. The maximum atomic E-state index is 5.39. The van der Waals surface area contributed by atoms with Gasteiger partial charge >= 0.3 is 0 Å². The van der Waals surface area contributed by atoms with Gasteiger partial charge in [0.05, 0.1) is 12.8 Å². The molecule has 0 aliphatic heterocycles. The molecule has 1 aromatic carbocycles. The minimum Gasteiger partial charge on any atom is -0.496 e. The van der Waals surface area contributed by atoms with Crippen LogP contribution in [0.5, 0.6) is 5.75 Å². The molecule has 16 heavy (non-hydrogen) atoms. The second kappa shape index (κ2) is 4.45. The second-order valence-corrected chi connectivity index (χ2v) is 4.90. The fraction of sp³-hybridized carbons (Fsp3) is 0.250. The van der Waals surface area contributed by atoms with E-state index in [1.807, 2.05) is 26.0 Å². The van der Waals surface area contributed by atoms with Crippen LogP contribution in [0, 0.1) is 17.4 Å². The van der Waals surface area contributed by atoms with Crippen LogP contribution in [0.2, 0.25) is 0 Å². The van der Waals surface area contributed by atoms with Crippen molar-refractivity contribution in [2.75, 3.05) is 7.11 Å². The molecule has 0 unspecified atom stereocenters. The Kier molecular flexibility index (Phi) is 3.18. The monoisotopic (exact) mass is 328 g/mol. The van der Waals surface area contributed by atoms with Crippen molar-refractivity contribution in [1.29, 1.82) is 0 Å². The molecule has 0 amide bonds. The van der Waals surface area contributed by atoms with Gasteiger partial charge in [-0.2, -0.15) is 5.10 Å². The number of H-pyrrole nitrogens is 1. The zero-order valence-electron chi connectivity index (χ0n) is 9.47. The van der Waals surface area contributed by atoms with E-state index < -0.39 is 0 Å². The quantitative estimate of drug-likeness (QED) is 0.859. The molecule has 1 aromatic heterocycles. The number of hydrogen-bond donors (Lipinski definition) is 1. The van der Waals surface area contributed by atoms with E-state index in [0.717, 1.165) is 28.3 Å². The molecule has 0 aliphatic carbocycles. The maximum absolute atomic E-state index is 5.39. The molecule has 0 aliphatic rings. The van der Waals surface area contributed by atoms with Gasteiger partial charge in [0.25, 0.3) is 0 Å². The van der Waals surface area contributed by atoms with E-state index in [4.69, 9.17) is 4.74 Å². The summed E-state index contributed by atoms with van der Waals surface area (Å²) >= 11 is 2.30. The molecule has 0 radical (unpaired) electrons. The lowest BCUT2D eigenvalue weighted by Crippen LogP contribution is -1.90. The van der Waals surface area contributed by atoms with Crippen molar-refractivity contribution < 1.29 is 4.74 Å². The highest BCUT2D eigenvalue weighted by Gasteiger charge is 2.13. The van der Waals surface area contributed by atoms with Crippen LogP contribution in [-0.2, 0) is 0 Å². The number of ether oxygens (including phenoxy) is 1. The first-order valence-corrected chi connectivity index (χ1v) is 6.07. The van der Waals surface area contributed by atoms with Crippen molar-refractivity contribution >= 4 is 22.6 Å². The summed E-state index contributed by atoms with van der Waals surface area (Å²) in [5.74, 6) is 0.882. The zero-order valence-corrected chi connectivity index (χ0v) is 11.6. The van der Waals surface area contributed by atoms with Gasteiger partial charge in [-0.25, -0.2) is 0 Å². The largest absolute Gasteiger partial charge is 0.496 e. The normalized spacial score (nSPS) is 10.5. The predicted molar refractivity (Wildman–Crippen MR) is 72.8 cm³/mol. The fourth-order valence-corrected chi connectivity index (χ4v) is 2.31. The molecule has 1 heterocycles. The molecule has 0 spiro atoms. The summed E-state index contributed by atoms with van der Waals surface area (Å²) in [7, 11) is 1.69. The highest BCUT2D eigenvalue weighted by atomic mass is 127. The molecule has 0 bridgehead atoms. The van der Waals surface area contributed by atoms with Crippen molar-refractivity contribution in [3.63, 3.8) is 0 Å². The lowest BCUT2D eigenvalue weighted by Gasteiger charge is -2.09. The highest BCUT2D eigenvalue weighted by molar-refractivity contribution is 14.1. The Morgan fingerprint density at radius 1 is 1.31 bits per heavy atom. The lowest BCUT2D eigenvalue weighted by atomic mass is 10.0. The van der Waals surface area contributed by atoms with Crippen molar-refractivity contribution in [3.05, 3.63) is 33.2 Å². The first-order valence-electron chi connectivity index (χ1n) is 4.99. The molecule has 2 rings (SSSR count). The average molecular weight is 328 g/mol. The molecular formula is C12H13IN2O. The molecule has 3 nitrogen and oxygen atoms in total. The third kappa shape index (κ3) is 1.93. The SMILES string of the molecule is COc1ccc(I)cc1-c1c(C)n[nH]c1C. The van der Waals surface area contributed by atoms with E-state index in [2.05, 4.69) is 38.9 Å². The third-order valence-corrected chi connectivity index (χ3v) is 3.23. The average Bonchev–Trinajstić information content (AvgIpc) is 2.58. The van der Waals surface area contributed by atoms with Gasteiger partial charge in [-0.15, -0.1) is 0 Å². The highest BCUT2D eigenvalue weighted by Crippen LogP contribution is 2.34. The molecule has 0 atom stereocenters. The Bertz CT molecular complexity index is 500. The van der Waals surface area contributed by atoms with Gasteiger partial charge < -0.3 is 4.74 Å². The zero-order chi connectivity index (χ0) is 11.7. The smallest absolute Gasteiger partial charge is 0.126 e. The maximum Gasteiger partial charge on any atom is 0.126 e. The van der Waals surface area contributed by atoms with Crippen LogP contribution in [0.15, 0.2) is 18.2 Å². The van der Waals surface area contributed by atoms with Gasteiger partial charge in [-0.05, 0) is 54.6 Å². The van der Waals surface area contributed by atoms with Crippen molar-refractivity contribution in [2.45, 2.75) is 13.8 Å². The van der Waals surface area contributed by atoms with Gasteiger partial charge in [0.15, 0.2) is 0 Å². The van der Waals surface area contributed by atoms with E-state index in [-0.39, 0.29) is 0 Å². The van der Waals surface area contributed by atoms with Crippen LogP contribution in [0.4, 0.5) is 0 Å². The fourth-order valence-electron chi connectivity index (χ4n) is 1.82. The van der Waals surface area contributed by atoms with E-state index >= 15 is 0 Å².